The minimum Gasteiger partial charge on any atom is -0.356 e. The van der Waals surface area contributed by atoms with Gasteiger partial charge < -0.3 is 10.6 Å². The third kappa shape index (κ3) is 4.17. The molecular formula is C21H23ClN6. The van der Waals surface area contributed by atoms with Gasteiger partial charge in [-0.2, -0.15) is 5.10 Å². The van der Waals surface area contributed by atoms with E-state index in [0.29, 0.717) is 6.54 Å². The minimum atomic E-state index is 0.169. The zero-order chi connectivity index (χ0) is 19.4. The second kappa shape index (κ2) is 8.02. The quantitative estimate of drug-likeness (QED) is 0.497. The molecule has 4 rings (SSSR count). The van der Waals surface area contributed by atoms with Crippen molar-refractivity contribution in [3.8, 4) is 5.69 Å². The van der Waals surface area contributed by atoms with Crippen molar-refractivity contribution in [2.75, 3.05) is 13.6 Å². The van der Waals surface area contributed by atoms with Crippen LogP contribution in [0.15, 0.2) is 66.2 Å². The van der Waals surface area contributed by atoms with E-state index in [4.69, 9.17) is 11.6 Å². The maximum absolute atomic E-state index is 6.16. The summed E-state index contributed by atoms with van der Waals surface area (Å²) in [5.74, 6) is 0.800. The van der Waals surface area contributed by atoms with Crippen LogP contribution in [-0.4, -0.2) is 34.3 Å². The smallest absolute Gasteiger partial charge is 0.191 e. The molecular weight excluding hydrogens is 372 g/mol. The summed E-state index contributed by atoms with van der Waals surface area (Å²) in [7, 11) is 1.79. The lowest BCUT2D eigenvalue weighted by atomic mass is 9.96. The molecule has 1 aliphatic carbocycles. The summed E-state index contributed by atoms with van der Waals surface area (Å²) in [6.45, 7) is 1.54. The van der Waals surface area contributed by atoms with E-state index in [0.717, 1.165) is 23.2 Å². The second-order valence-corrected chi connectivity index (χ2v) is 7.51. The Morgan fingerprint density at radius 2 is 2.00 bits per heavy atom. The molecule has 3 aromatic rings. The predicted octanol–water partition coefficient (Wildman–Crippen LogP) is 3.32. The fourth-order valence-corrected chi connectivity index (χ4v) is 3.49. The average molecular weight is 395 g/mol. The van der Waals surface area contributed by atoms with Gasteiger partial charge in [-0.15, -0.1) is 0 Å². The molecule has 1 saturated carbocycles. The molecule has 0 atom stereocenters. The van der Waals surface area contributed by atoms with Gasteiger partial charge in [0.1, 0.15) is 12.7 Å². The lowest BCUT2D eigenvalue weighted by Crippen LogP contribution is -2.40. The molecule has 0 saturated heterocycles. The van der Waals surface area contributed by atoms with Crippen molar-refractivity contribution < 1.29 is 0 Å². The minimum absolute atomic E-state index is 0.169. The lowest BCUT2D eigenvalue weighted by Gasteiger charge is -2.19. The number of nitrogens with zero attached hydrogens (tertiary/aromatic N) is 4. The highest BCUT2D eigenvalue weighted by Gasteiger charge is 2.44. The van der Waals surface area contributed by atoms with Gasteiger partial charge in [0.2, 0.25) is 0 Å². The van der Waals surface area contributed by atoms with Crippen LogP contribution in [-0.2, 0) is 12.0 Å². The maximum Gasteiger partial charge on any atom is 0.191 e. The number of aliphatic imine (C=N–C) groups is 1. The Hall–Kier alpha value is -2.86. The number of hydrogen-bond acceptors (Lipinski definition) is 3. The van der Waals surface area contributed by atoms with E-state index in [1.807, 2.05) is 24.3 Å². The zero-order valence-corrected chi connectivity index (χ0v) is 16.5. The molecule has 1 aromatic heterocycles. The van der Waals surface area contributed by atoms with Crippen LogP contribution in [0.1, 0.15) is 24.0 Å². The first-order valence-electron chi connectivity index (χ1n) is 9.33. The number of aromatic nitrogens is 3. The number of nitrogens with one attached hydrogen (secondary N) is 2. The van der Waals surface area contributed by atoms with Gasteiger partial charge in [-0.3, -0.25) is 4.99 Å². The summed E-state index contributed by atoms with van der Waals surface area (Å²) in [6, 6.07) is 16.4. The molecule has 0 bridgehead atoms. The van der Waals surface area contributed by atoms with Crippen LogP contribution in [0, 0.1) is 0 Å². The van der Waals surface area contributed by atoms with E-state index in [9.17, 15) is 0 Å². The van der Waals surface area contributed by atoms with Crippen LogP contribution in [0.25, 0.3) is 5.69 Å². The van der Waals surface area contributed by atoms with E-state index in [1.54, 1.807) is 18.1 Å². The van der Waals surface area contributed by atoms with Crippen molar-refractivity contribution in [3.63, 3.8) is 0 Å². The topological polar surface area (TPSA) is 67.1 Å². The van der Waals surface area contributed by atoms with Crippen LogP contribution < -0.4 is 10.6 Å². The molecule has 2 N–H and O–H groups in total. The molecule has 0 unspecified atom stereocenters. The van der Waals surface area contributed by atoms with Gasteiger partial charge in [0, 0.05) is 30.6 Å². The third-order valence-corrected chi connectivity index (χ3v) is 5.42. The molecule has 1 heterocycles. The summed E-state index contributed by atoms with van der Waals surface area (Å²) in [4.78, 5) is 8.32. The van der Waals surface area contributed by atoms with Crippen molar-refractivity contribution in [1.29, 1.82) is 0 Å². The number of guanidine groups is 1. The average Bonchev–Trinajstić information content (AvgIpc) is 3.32. The molecule has 0 radical (unpaired) electrons. The van der Waals surface area contributed by atoms with Gasteiger partial charge in [-0.1, -0.05) is 35.9 Å². The van der Waals surface area contributed by atoms with E-state index in [2.05, 4.69) is 50.0 Å². The highest BCUT2D eigenvalue weighted by Crippen LogP contribution is 2.48. The number of hydrogen-bond donors (Lipinski definition) is 2. The Bertz CT molecular complexity index is 945. The highest BCUT2D eigenvalue weighted by atomic mass is 35.5. The van der Waals surface area contributed by atoms with E-state index < -0.39 is 0 Å². The van der Waals surface area contributed by atoms with Gasteiger partial charge in [0.25, 0.3) is 0 Å². The molecule has 28 heavy (non-hydrogen) atoms. The molecule has 0 amide bonds. The molecule has 2 aromatic carbocycles. The van der Waals surface area contributed by atoms with Crippen molar-refractivity contribution in [2.24, 2.45) is 4.99 Å². The Morgan fingerprint density at radius 1 is 1.18 bits per heavy atom. The second-order valence-electron chi connectivity index (χ2n) is 7.08. The molecule has 7 heteroatoms. The Balaban J connectivity index is 1.32. The number of halogens is 1. The fourth-order valence-electron chi connectivity index (χ4n) is 3.30. The van der Waals surface area contributed by atoms with E-state index >= 15 is 0 Å². The van der Waals surface area contributed by atoms with Crippen molar-refractivity contribution in [2.45, 2.75) is 24.8 Å². The summed E-state index contributed by atoms with van der Waals surface area (Å²) in [6.07, 6.45) is 5.55. The van der Waals surface area contributed by atoms with Crippen LogP contribution in [0.2, 0.25) is 5.02 Å². The predicted molar refractivity (Wildman–Crippen MR) is 112 cm³/mol. The van der Waals surface area contributed by atoms with Crippen molar-refractivity contribution in [1.82, 2.24) is 25.4 Å². The summed E-state index contributed by atoms with van der Waals surface area (Å²) in [5.41, 5.74) is 3.62. The Labute approximate surface area is 169 Å². The molecule has 0 spiro atoms. The molecule has 1 fully saturated rings. The first kappa shape index (κ1) is 18.5. The van der Waals surface area contributed by atoms with Gasteiger partial charge >= 0.3 is 0 Å². The zero-order valence-electron chi connectivity index (χ0n) is 15.8. The first-order valence-corrected chi connectivity index (χ1v) is 9.71. The van der Waals surface area contributed by atoms with E-state index in [1.165, 1.54) is 30.3 Å². The van der Waals surface area contributed by atoms with Gasteiger partial charge in [0.05, 0.1) is 5.69 Å². The Morgan fingerprint density at radius 3 is 2.64 bits per heavy atom. The number of rotatable bonds is 6. The van der Waals surface area contributed by atoms with Gasteiger partial charge in [-0.05, 0) is 48.2 Å². The normalized spacial score (nSPS) is 15.3. The molecule has 6 nitrogen and oxygen atoms in total. The lowest BCUT2D eigenvalue weighted by molar-refractivity contribution is 0.645. The standard InChI is InChI=1S/C21H23ClN6/c1-23-20(26-13-21(9-10-21)17-3-2-4-18(22)11-17)25-12-16-5-7-19(8-6-16)28-15-24-14-27-28/h2-8,11,14-15H,9-10,12-13H2,1H3,(H2,23,25,26). The van der Waals surface area contributed by atoms with Crippen molar-refractivity contribution in [3.05, 3.63) is 77.3 Å². The summed E-state index contributed by atoms with van der Waals surface area (Å²) < 4.78 is 1.74. The molecule has 144 valence electrons. The van der Waals surface area contributed by atoms with Gasteiger partial charge in [-0.25, -0.2) is 9.67 Å². The first-order chi connectivity index (χ1) is 13.7. The summed E-state index contributed by atoms with van der Waals surface area (Å²) >= 11 is 6.16. The van der Waals surface area contributed by atoms with Crippen LogP contribution in [0.5, 0.6) is 0 Å². The van der Waals surface area contributed by atoms with Crippen LogP contribution >= 0.6 is 11.6 Å². The van der Waals surface area contributed by atoms with Gasteiger partial charge in [0.15, 0.2) is 5.96 Å². The fraction of sp³-hybridized carbons (Fsp3) is 0.286. The van der Waals surface area contributed by atoms with Crippen molar-refractivity contribution >= 4 is 17.6 Å². The molecule has 1 aliphatic rings. The third-order valence-electron chi connectivity index (χ3n) is 5.19. The molecule has 0 aliphatic heterocycles. The monoisotopic (exact) mass is 394 g/mol. The number of benzene rings is 2. The van der Waals surface area contributed by atoms with Crippen LogP contribution in [0.4, 0.5) is 0 Å². The van der Waals surface area contributed by atoms with E-state index in [-0.39, 0.29) is 5.41 Å². The Kier molecular flexibility index (Phi) is 5.30. The highest BCUT2D eigenvalue weighted by molar-refractivity contribution is 6.30. The maximum atomic E-state index is 6.16. The largest absolute Gasteiger partial charge is 0.356 e. The van der Waals surface area contributed by atoms with Crippen LogP contribution in [0.3, 0.4) is 0 Å². The SMILES string of the molecule is CN=C(NCc1ccc(-n2cncn2)cc1)NCC1(c2cccc(Cl)c2)CC1. The summed E-state index contributed by atoms with van der Waals surface area (Å²) in [5, 5.41) is 11.8.